The van der Waals surface area contributed by atoms with Gasteiger partial charge in [0.25, 0.3) is 5.56 Å². The second kappa shape index (κ2) is 4.57. The number of ether oxygens (including phenoxy) is 1. The number of nitrogens with zero attached hydrogens (tertiary/aromatic N) is 1. The Morgan fingerprint density at radius 1 is 1.11 bits per heavy atom. The predicted octanol–water partition coefficient (Wildman–Crippen LogP) is 2.86. The van der Waals surface area contributed by atoms with E-state index in [-0.39, 0.29) is 5.56 Å². The molecule has 2 aromatic carbocycles. The number of aromatic nitrogens is 1. The fourth-order valence-electron chi connectivity index (χ4n) is 1.88. The Morgan fingerprint density at radius 3 is 2.63 bits per heavy atom. The minimum absolute atomic E-state index is 0.320. The molecule has 0 spiro atoms. The van der Waals surface area contributed by atoms with Gasteiger partial charge in [0.05, 0.1) is 12.5 Å². The first kappa shape index (κ1) is 11.5. The van der Waals surface area contributed by atoms with Crippen LogP contribution in [0.1, 0.15) is 0 Å². The lowest BCUT2D eigenvalue weighted by Gasteiger charge is -2.03. The number of hydrogen-bond donors (Lipinski definition) is 0. The van der Waals surface area contributed by atoms with Gasteiger partial charge in [-0.1, -0.05) is 18.2 Å². The van der Waals surface area contributed by atoms with Crippen LogP contribution in [0.5, 0.6) is 5.75 Å². The van der Waals surface area contributed by atoms with Gasteiger partial charge in [0.1, 0.15) is 11.3 Å². The van der Waals surface area contributed by atoms with E-state index in [1.165, 1.54) is 0 Å². The first-order chi connectivity index (χ1) is 9.28. The minimum Gasteiger partial charge on any atom is -0.497 e. The Bertz CT molecular complexity index is 778. The Labute approximate surface area is 109 Å². The molecule has 0 aliphatic heterocycles. The molecule has 3 aromatic rings. The molecule has 0 radical (unpaired) electrons. The average Bonchev–Trinajstić information content (AvgIpc) is 2.48. The van der Waals surface area contributed by atoms with E-state index in [9.17, 15) is 4.79 Å². The van der Waals surface area contributed by atoms with Gasteiger partial charge < -0.3 is 9.15 Å². The summed E-state index contributed by atoms with van der Waals surface area (Å²) in [5.41, 5.74) is 0.955. The molecule has 1 aromatic heterocycles. The highest BCUT2D eigenvalue weighted by Crippen LogP contribution is 2.22. The lowest BCUT2D eigenvalue weighted by atomic mass is 10.2. The van der Waals surface area contributed by atoms with Gasteiger partial charge in [-0.15, -0.1) is 0 Å². The summed E-state index contributed by atoms with van der Waals surface area (Å²) in [6.07, 6.45) is 0. The smallest absolute Gasteiger partial charge is 0.284 e. The maximum absolute atomic E-state index is 12.0. The van der Waals surface area contributed by atoms with E-state index in [1.807, 2.05) is 30.3 Å². The van der Waals surface area contributed by atoms with Gasteiger partial charge in [0.2, 0.25) is 5.89 Å². The normalized spacial score (nSPS) is 10.6. The van der Waals surface area contributed by atoms with Crippen LogP contribution in [-0.4, -0.2) is 12.1 Å². The largest absolute Gasteiger partial charge is 0.497 e. The topological polar surface area (TPSA) is 52.3 Å². The Morgan fingerprint density at radius 2 is 1.89 bits per heavy atom. The third kappa shape index (κ3) is 2.08. The first-order valence-corrected chi connectivity index (χ1v) is 5.82. The highest BCUT2D eigenvalue weighted by atomic mass is 16.5. The van der Waals surface area contributed by atoms with E-state index in [0.717, 1.165) is 5.56 Å². The SMILES string of the molecule is COc1ccc2oc(-c3ccccc3)nc(=O)c2c1. The van der Waals surface area contributed by atoms with Crippen LogP contribution in [0.4, 0.5) is 0 Å². The van der Waals surface area contributed by atoms with E-state index in [1.54, 1.807) is 25.3 Å². The number of methoxy groups -OCH3 is 1. The minimum atomic E-state index is -0.320. The molecule has 0 aliphatic carbocycles. The summed E-state index contributed by atoms with van der Waals surface area (Å²) >= 11 is 0. The zero-order valence-electron chi connectivity index (χ0n) is 10.3. The van der Waals surface area contributed by atoms with Gasteiger partial charge in [0.15, 0.2) is 0 Å². The van der Waals surface area contributed by atoms with Crippen molar-refractivity contribution in [2.24, 2.45) is 0 Å². The molecule has 3 rings (SSSR count). The van der Waals surface area contributed by atoms with Crippen LogP contribution in [0.25, 0.3) is 22.4 Å². The molecule has 0 amide bonds. The summed E-state index contributed by atoms with van der Waals surface area (Å²) < 4.78 is 10.7. The number of benzene rings is 2. The fourth-order valence-corrected chi connectivity index (χ4v) is 1.88. The van der Waals surface area contributed by atoms with Gasteiger partial charge in [-0.05, 0) is 30.3 Å². The van der Waals surface area contributed by atoms with Crippen molar-refractivity contribution in [2.75, 3.05) is 7.11 Å². The fraction of sp³-hybridized carbons (Fsp3) is 0.0667. The number of hydrogen-bond acceptors (Lipinski definition) is 4. The standard InChI is InChI=1S/C15H11NO3/c1-18-11-7-8-13-12(9-11)14(17)16-15(19-13)10-5-3-2-4-6-10/h2-9H,1H3. The highest BCUT2D eigenvalue weighted by Gasteiger charge is 2.08. The molecular weight excluding hydrogens is 242 g/mol. The maximum Gasteiger partial charge on any atom is 0.284 e. The zero-order valence-corrected chi connectivity index (χ0v) is 10.3. The molecule has 0 N–H and O–H groups in total. The number of rotatable bonds is 2. The van der Waals surface area contributed by atoms with Crippen LogP contribution < -0.4 is 10.3 Å². The molecule has 0 fully saturated rings. The maximum atomic E-state index is 12.0. The molecule has 0 unspecified atom stereocenters. The summed E-state index contributed by atoms with van der Waals surface area (Å²) in [5, 5.41) is 0.416. The van der Waals surface area contributed by atoms with Crippen molar-refractivity contribution in [3.8, 4) is 17.2 Å². The van der Waals surface area contributed by atoms with Gasteiger partial charge >= 0.3 is 0 Å². The van der Waals surface area contributed by atoms with E-state index in [2.05, 4.69) is 4.98 Å². The summed E-state index contributed by atoms with van der Waals surface area (Å²) in [6, 6.07) is 14.4. The quantitative estimate of drug-likeness (QED) is 0.704. The highest BCUT2D eigenvalue weighted by molar-refractivity contribution is 5.78. The lowest BCUT2D eigenvalue weighted by Crippen LogP contribution is -2.07. The van der Waals surface area contributed by atoms with Crippen molar-refractivity contribution in [2.45, 2.75) is 0 Å². The first-order valence-electron chi connectivity index (χ1n) is 5.82. The monoisotopic (exact) mass is 253 g/mol. The molecular formula is C15H11NO3. The van der Waals surface area contributed by atoms with E-state index in [4.69, 9.17) is 9.15 Å². The molecule has 94 valence electrons. The van der Waals surface area contributed by atoms with Crippen molar-refractivity contribution < 1.29 is 9.15 Å². The second-order valence-corrected chi connectivity index (χ2v) is 4.05. The van der Waals surface area contributed by atoms with Gasteiger partial charge in [-0.25, -0.2) is 0 Å². The predicted molar refractivity (Wildman–Crippen MR) is 72.3 cm³/mol. The second-order valence-electron chi connectivity index (χ2n) is 4.05. The third-order valence-electron chi connectivity index (χ3n) is 2.85. The van der Waals surface area contributed by atoms with Crippen molar-refractivity contribution in [1.82, 2.24) is 4.98 Å². The van der Waals surface area contributed by atoms with Crippen molar-refractivity contribution in [3.63, 3.8) is 0 Å². The van der Waals surface area contributed by atoms with Crippen LogP contribution >= 0.6 is 0 Å². The molecule has 4 heteroatoms. The van der Waals surface area contributed by atoms with Crippen LogP contribution in [0.3, 0.4) is 0 Å². The molecule has 0 atom stereocenters. The zero-order chi connectivity index (χ0) is 13.2. The van der Waals surface area contributed by atoms with Gasteiger partial charge in [-0.2, -0.15) is 4.98 Å². The molecule has 0 aliphatic rings. The van der Waals surface area contributed by atoms with E-state index < -0.39 is 0 Å². The van der Waals surface area contributed by atoms with Crippen molar-refractivity contribution in [3.05, 3.63) is 58.9 Å². The molecule has 0 saturated carbocycles. The van der Waals surface area contributed by atoms with Gasteiger partial charge in [-0.3, -0.25) is 4.79 Å². The Kier molecular flexibility index (Phi) is 2.76. The molecule has 4 nitrogen and oxygen atoms in total. The summed E-state index contributed by atoms with van der Waals surface area (Å²) in [4.78, 5) is 16.0. The van der Waals surface area contributed by atoms with Crippen LogP contribution in [-0.2, 0) is 0 Å². The molecule has 0 saturated heterocycles. The summed E-state index contributed by atoms with van der Waals surface area (Å²) in [7, 11) is 1.55. The van der Waals surface area contributed by atoms with Crippen LogP contribution in [0.2, 0.25) is 0 Å². The molecule has 19 heavy (non-hydrogen) atoms. The Balaban J connectivity index is 2.23. The average molecular weight is 253 g/mol. The number of fused-ring (bicyclic) bond motifs is 1. The van der Waals surface area contributed by atoms with Crippen molar-refractivity contribution in [1.29, 1.82) is 0 Å². The van der Waals surface area contributed by atoms with Gasteiger partial charge in [0, 0.05) is 5.56 Å². The Hall–Kier alpha value is -2.62. The molecule has 1 heterocycles. The van der Waals surface area contributed by atoms with E-state index >= 15 is 0 Å². The van der Waals surface area contributed by atoms with Crippen LogP contribution in [0.15, 0.2) is 57.7 Å². The van der Waals surface area contributed by atoms with Crippen molar-refractivity contribution >= 4 is 11.0 Å². The third-order valence-corrected chi connectivity index (χ3v) is 2.85. The van der Waals surface area contributed by atoms with Crippen LogP contribution in [0, 0.1) is 0 Å². The lowest BCUT2D eigenvalue weighted by molar-refractivity contribution is 0.415. The van der Waals surface area contributed by atoms with E-state index in [0.29, 0.717) is 22.6 Å². The summed E-state index contributed by atoms with van der Waals surface area (Å²) in [5.74, 6) is 0.928. The molecule has 0 bridgehead atoms. The summed E-state index contributed by atoms with van der Waals surface area (Å²) in [6.45, 7) is 0.